The highest BCUT2D eigenvalue weighted by atomic mass is 16.6. The van der Waals surface area contributed by atoms with Crippen LogP contribution in [-0.2, 0) is 15.2 Å². The maximum Gasteiger partial charge on any atom is 0.373 e. The van der Waals surface area contributed by atoms with Crippen LogP contribution in [0.15, 0.2) is 96.0 Å². The predicted molar refractivity (Wildman–Crippen MR) is 104 cm³/mol. The summed E-state index contributed by atoms with van der Waals surface area (Å²) in [6.07, 6.45) is 0. The van der Waals surface area contributed by atoms with Gasteiger partial charge in [0, 0.05) is 0 Å². The van der Waals surface area contributed by atoms with Crippen LogP contribution in [0.1, 0.15) is 16.7 Å². The van der Waals surface area contributed by atoms with Gasteiger partial charge in [0.15, 0.2) is 0 Å². The van der Waals surface area contributed by atoms with Crippen molar-refractivity contribution in [3.05, 3.63) is 108 Å². The van der Waals surface area contributed by atoms with Gasteiger partial charge in [-0.25, -0.2) is 15.3 Å². The van der Waals surface area contributed by atoms with Crippen LogP contribution < -0.4 is 5.48 Å². The summed E-state index contributed by atoms with van der Waals surface area (Å²) in [5, 5.41) is 9.64. The van der Waals surface area contributed by atoms with E-state index in [0.717, 1.165) is 16.7 Å². The van der Waals surface area contributed by atoms with Crippen molar-refractivity contribution in [2.45, 2.75) is 5.54 Å². The smallest absolute Gasteiger partial charge is 0.373 e. The second-order valence-corrected chi connectivity index (χ2v) is 5.88. The number of benzene rings is 3. The van der Waals surface area contributed by atoms with Crippen LogP contribution in [0.3, 0.4) is 0 Å². The normalized spacial score (nSPS) is 11.8. The average Bonchev–Trinajstić information content (AvgIpc) is 2.73. The van der Waals surface area contributed by atoms with Crippen LogP contribution in [0, 0.1) is 0 Å². The zero-order valence-electron chi connectivity index (χ0n) is 14.9. The summed E-state index contributed by atoms with van der Waals surface area (Å²) in [6.45, 7) is 0. The number of hydrogen-bond donors (Lipinski definition) is 2. The van der Waals surface area contributed by atoms with E-state index in [9.17, 15) is 9.90 Å². The fourth-order valence-corrected chi connectivity index (χ4v) is 3.11. The third-order valence-corrected chi connectivity index (χ3v) is 4.26. The molecule has 0 aromatic heterocycles. The molecule has 136 valence electrons. The zero-order chi connectivity index (χ0) is 19.1. The van der Waals surface area contributed by atoms with E-state index < -0.39 is 11.5 Å². The topological polar surface area (TPSA) is 70.9 Å². The third kappa shape index (κ3) is 3.73. The molecule has 0 bridgehead atoms. The van der Waals surface area contributed by atoms with Gasteiger partial charge in [-0.3, -0.25) is 4.84 Å². The lowest BCUT2D eigenvalue weighted by Gasteiger charge is -2.32. The quantitative estimate of drug-likeness (QED) is 0.316. The van der Waals surface area contributed by atoms with Crippen molar-refractivity contribution in [3.63, 3.8) is 0 Å². The lowest BCUT2D eigenvalue weighted by Crippen LogP contribution is -2.36. The lowest BCUT2D eigenvalue weighted by molar-refractivity contribution is -0.130. The number of hydrogen-bond acceptors (Lipinski definition) is 3. The van der Waals surface area contributed by atoms with E-state index in [2.05, 4.69) is 10.5 Å². The van der Waals surface area contributed by atoms with Crippen LogP contribution >= 0.6 is 0 Å². The summed E-state index contributed by atoms with van der Waals surface area (Å²) in [4.78, 5) is 21.3. The molecule has 0 radical (unpaired) electrons. The van der Waals surface area contributed by atoms with E-state index in [0.29, 0.717) is 0 Å². The molecule has 5 nitrogen and oxygen atoms in total. The van der Waals surface area contributed by atoms with Crippen LogP contribution in [0.2, 0.25) is 0 Å². The molecule has 3 aromatic rings. The number of aliphatic imine (C=N–C) groups is 1. The van der Waals surface area contributed by atoms with Gasteiger partial charge in [0.1, 0.15) is 5.54 Å². The summed E-state index contributed by atoms with van der Waals surface area (Å²) in [6, 6.07) is 28.9. The van der Waals surface area contributed by atoms with Gasteiger partial charge in [-0.15, -0.1) is 0 Å². The lowest BCUT2D eigenvalue weighted by atomic mass is 9.77. The molecule has 0 heterocycles. The standard InChI is InChI=1S/C22H20N2O3/c1-27-24-20(21(25)26)23-22(17-11-5-2-6-12-17,18-13-7-3-8-14-18)19-15-9-4-10-16-19/h2-16H,1H3,(H,23,24)(H,25,26). The zero-order valence-corrected chi connectivity index (χ0v) is 14.9. The molecule has 0 amide bonds. The molecule has 0 fully saturated rings. The molecule has 3 aromatic carbocycles. The number of aliphatic carboxylic acids is 1. The fourth-order valence-electron chi connectivity index (χ4n) is 3.11. The SMILES string of the molecule is CONC(=NC(c1ccccc1)(c1ccccc1)c1ccccc1)C(=O)O. The molecule has 0 unspecified atom stereocenters. The van der Waals surface area contributed by atoms with E-state index in [1.807, 2.05) is 91.0 Å². The predicted octanol–water partition coefficient (Wildman–Crippen LogP) is 3.61. The largest absolute Gasteiger partial charge is 0.475 e. The molecule has 27 heavy (non-hydrogen) atoms. The second-order valence-electron chi connectivity index (χ2n) is 5.88. The van der Waals surface area contributed by atoms with Gasteiger partial charge < -0.3 is 5.11 Å². The highest BCUT2D eigenvalue weighted by Crippen LogP contribution is 2.40. The van der Waals surface area contributed by atoms with Gasteiger partial charge in [-0.05, 0) is 16.7 Å². The maximum atomic E-state index is 11.8. The van der Waals surface area contributed by atoms with E-state index >= 15 is 0 Å². The Morgan fingerprint density at radius 2 is 1.19 bits per heavy atom. The molecule has 2 N–H and O–H groups in total. The first-order valence-electron chi connectivity index (χ1n) is 8.47. The minimum Gasteiger partial charge on any atom is -0.475 e. The number of nitrogens with one attached hydrogen (secondary N) is 1. The van der Waals surface area contributed by atoms with E-state index in [4.69, 9.17) is 4.84 Å². The number of carboxylic acids is 1. The number of carboxylic acid groups (broad SMARTS) is 1. The number of carbonyl (C=O) groups is 1. The van der Waals surface area contributed by atoms with Gasteiger partial charge in [0.25, 0.3) is 0 Å². The Kier molecular flexibility index (Phi) is 5.64. The van der Waals surface area contributed by atoms with Crippen LogP contribution in [0.5, 0.6) is 0 Å². The molecule has 0 saturated carbocycles. The minimum absolute atomic E-state index is 0.283. The molecular weight excluding hydrogens is 340 g/mol. The molecule has 0 spiro atoms. The number of hydroxylamine groups is 1. The summed E-state index contributed by atoms with van der Waals surface area (Å²) < 4.78 is 0. The second kappa shape index (κ2) is 8.29. The monoisotopic (exact) mass is 360 g/mol. The highest BCUT2D eigenvalue weighted by Gasteiger charge is 2.37. The summed E-state index contributed by atoms with van der Waals surface area (Å²) in [5.74, 6) is -1.49. The molecule has 5 heteroatoms. The van der Waals surface area contributed by atoms with E-state index in [1.165, 1.54) is 7.11 Å². The molecule has 0 aliphatic heterocycles. The Morgan fingerprint density at radius 3 is 1.48 bits per heavy atom. The number of nitrogens with zero attached hydrogens (tertiary/aromatic N) is 1. The van der Waals surface area contributed by atoms with Crippen LogP contribution in [-0.4, -0.2) is 24.0 Å². The molecule has 0 atom stereocenters. The molecule has 0 aliphatic carbocycles. The van der Waals surface area contributed by atoms with Crippen molar-refractivity contribution in [3.8, 4) is 0 Å². The van der Waals surface area contributed by atoms with Crippen molar-refractivity contribution in [1.82, 2.24) is 5.48 Å². The first-order valence-corrected chi connectivity index (χ1v) is 8.47. The number of amidine groups is 1. The van der Waals surface area contributed by atoms with Crippen molar-refractivity contribution in [2.24, 2.45) is 4.99 Å². The average molecular weight is 360 g/mol. The summed E-state index contributed by atoms with van der Waals surface area (Å²) in [5.41, 5.74) is 3.88. The molecule has 0 saturated heterocycles. The minimum atomic E-state index is -1.20. The summed E-state index contributed by atoms with van der Waals surface area (Å²) in [7, 11) is 1.35. The maximum absolute atomic E-state index is 11.8. The first-order chi connectivity index (χ1) is 13.2. The molecule has 3 rings (SSSR count). The van der Waals surface area contributed by atoms with Gasteiger partial charge in [0.2, 0.25) is 5.84 Å². The Bertz CT molecular complexity index is 813. The van der Waals surface area contributed by atoms with Gasteiger partial charge in [-0.2, -0.15) is 0 Å². The van der Waals surface area contributed by atoms with E-state index in [-0.39, 0.29) is 5.84 Å². The number of rotatable bonds is 5. The summed E-state index contributed by atoms with van der Waals surface area (Å²) >= 11 is 0. The van der Waals surface area contributed by atoms with Crippen molar-refractivity contribution in [2.75, 3.05) is 7.11 Å². The molecule has 0 aliphatic rings. The first kappa shape index (κ1) is 18.4. The highest BCUT2D eigenvalue weighted by molar-refractivity contribution is 6.34. The van der Waals surface area contributed by atoms with Gasteiger partial charge in [0.05, 0.1) is 7.11 Å². The van der Waals surface area contributed by atoms with Gasteiger partial charge in [-0.1, -0.05) is 91.0 Å². The van der Waals surface area contributed by atoms with Crippen molar-refractivity contribution < 1.29 is 14.7 Å². The van der Waals surface area contributed by atoms with Gasteiger partial charge >= 0.3 is 5.97 Å². The van der Waals surface area contributed by atoms with E-state index in [1.54, 1.807) is 0 Å². The molecular formula is C22H20N2O3. The Morgan fingerprint density at radius 1 is 0.815 bits per heavy atom. The van der Waals surface area contributed by atoms with Crippen LogP contribution in [0.4, 0.5) is 0 Å². The van der Waals surface area contributed by atoms with Crippen LogP contribution in [0.25, 0.3) is 0 Å². The third-order valence-electron chi connectivity index (χ3n) is 4.26. The Labute approximate surface area is 157 Å². The Balaban J connectivity index is 2.39. The van der Waals surface area contributed by atoms with Crippen molar-refractivity contribution >= 4 is 11.8 Å². The van der Waals surface area contributed by atoms with Crippen molar-refractivity contribution in [1.29, 1.82) is 0 Å². The Hall–Kier alpha value is -3.44. The fraction of sp³-hybridized carbons (Fsp3) is 0.0909.